The Bertz CT molecular complexity index is 3680. The number of sulfonamides is 2. The van der Waals surface area contributed by atoms with Crippen molar-refractivity contribution in [3.05, 3.63) is 119 Å². The minimum absolute atomic E-state index is 0.0461. The van der Waals surface area contributed by atoms with Crippen LogP contribution in [0.1, 0.15) is 13.8 Å². The standard InChI is InChI=1S/C24H30N6O6S.C23H25N5O6S/c1-24(32,13-25-2)14-35-16-7-6-8-17(9-16)36-21-11-20-19(29(4)23(31)30(20)5)10-18(21)27-37(33,34)22-12-28(3)15-26-22;1-23(13-33-23)12-32-15-6-5-7-16(8-15)34-20-10-19-18(27(3)22(29)28(19)4)9-17(20)25-35(30,31)21-11-26(2)14-24-21/h6-12,15,25,27,32H,13-14H2,1-5H3;5-11,14,25H,12-13H2,1-4H3. The first kappa shape index (κ1) is 50.8. The molecule has 0 amide bonds. The van der Waals surface area contributed by atoms with Crippen molar-refractivity contribution in [3.63, 3.8) is 0 Å². The second-order valence-electron chi connectivity index (χ2n) is 17.9. The third-order valence-corrected chi connectivity index (χ3v) is 14.0. The van der Waals surface area contributed by atoms with Crippen molar-refractivity contribution in [2.24, 2.45) is 42.3 Å². The van der Waals surface area contributed by atoms with Crippen molar-refractivity contribution in [2.75, 3.05) is 42.9 Å². The number of likely N-dealkylation sites (N-methyl/N-ethyl adjacent to an activating group) is 1. The molecule has 0 radical (unpaired) electrons. The average Bonchev–Trinajstić information content (AvgIpc) is 3.55. The maximum absolute atomic E-state index is 13.0. The highest BCUT2D eigenvalue weighted by Gasteiger charge is 2.40. The average molecular weight is 1030 g/mol. The van der Waals surface area contributed by atoms with Gasteiger partial charge in [-0.05, 0) is 57.3 Å². The quantitative estimate of drug-likeness (QED) is 0.0888. The molecule has 23 nitrogen and oxygen atoms in total. The zero-order valence-corrected chi connectivity index (χ0v) is 42.5. The van der Waals surface area contributed by atoms with Crippen molar-refractivity contribution >= 4 is 53.5 Å². The molecule has 0 aliphatic carbocycles. The number of nitrogens with one attached hydrogen (secondary N) is 3. The zero-order chi connectivity index (χ0) is 51.9. The first-order valence-electron chi connectivity index (χ1n) is 22.2. The molecule has 0 spiro atoms. The SMILES string of the molecule is CNCC(C)(O)COc1cccc(Oc2cc3c(cc2NS(=O)(=O)c2cn(C)cn2)n(C)c(=O)n3C)c1.Cn1cnc(S(=O)(=O)Nc2cc3c(cc2Oc2cccc(OCC4(C)CO4)c2)n(C)c(=O)n3C)c1. The van der Waals surface area contributed by atoms with Crippen molar-refractivity contribution in [3.8, 4) is 34.5 Å². The number of anilines is 2. The highest BCUT2D eigenvalue weighted by molar-refractivity contribution is 7.93. The summed E-state index contributed by atoms with van der Waals surface area (Å²) in [4.78, 5) is 32.9. The number of aromatic nitrogens is 8. The Hall–Kier alpha value is -7.58. The molecular formula is C47H55N11O12S2. The third kappa shape index (κ3) is 11.1. The van der Waals surface area contributed by atoms with Crippen LogP contribution in [0.25, 0.3) is 22.1 Å². The van der Waals surface area contributed by atoms with Gasteiger partial charge in [0.05, 0.1) is 52.7 Å². The largest absolute Gasteiger partial charge is 0.490 e. The summed E-state index contributed by atoms with van der Waals surface area (Å²) in [5.74, 6) is 2.23. The molecule has 1 saturated heterocycles. The number of rotatable bonds is 18. The van der Waals surface area contributed by atoms with Crippen LogP contribution in [0.5, 0.6) is 34.5 Å². The fourth-order valence-corrected chi connectivity index (χ4v) is 9.54. The van der Waals surface area contributed by atoms with E-state index in [0.717, 1.165) is 0 Å². The number of hydrogen-bond acceptors (Lipinski definition) is 15. The van der Waals surface area contributed by atoms with Gasteiger partial charge in [0.1, 0.15) is 47.4 Å². The molecule has 1 aliphatic heterocycles. The molecule has 1 aliphatic rings. The summed E-state index contributed by atoms with van der Waals surface area (Å²) in [5, 5.41) is 13.0. The highest BCUT2D eigenvalue weighted by Crippen LogP contribution is 2.38. The van der Waals surface area contributed by atoms with Gasteiger partial charge in [-0.2, -0.15) is 16.8 Å². The van der Waals surface area contributed by atoms with E-state index in [9.17, 15) is 31.5 Å². The molecule has 9 rings (SSSR count). The Morgan fingerprint density at radius 3 is 1.46 bits per heavy atom. The second-order valence-corrected chi connectivity index (χ2v) is 21.2. The van der Waals surface area contributed by atoms with E-state index in [1.165, 1.54) is 52.5 Å². The summed E-state index contributed by atoms with van der Waals surface area (Å²) in [7, 11) is 3.51. The van der Waals surface area contributed by atoms with Gasteiger partial charge in [0.25, 0.3) is 20.0 Å². The van der Waals surface area contributed by atoms with Crippen molar-refractivity contribution < 1.29 is 45.6 Å². The Morgan fingerprint density at radius 1 is 0.667 bits per heavy atom. The molecule has 0 bridgehead atoms. The number of benzene rings is 4. The molecule has 4 aromatic heterocycles. The second kappa shape index (κ2) is 19.6. The fourth-order valence-electron chi connectivity index (χ4n) is 7.45. The van der Waals surface area contributed by atoms with Crippen LogP contribution in [-0.2, 0) is 67.1 Å². The lowest BCUT2D eigenvalue weighted by atomic mass is 10.1. The van der Waals surface area contributed by atoms with E-state index >= 15 is 0 Å². The van der Waals surface area contributed by atoms with Crippen LogP contribution < -0.4 is 45.1 Å². The number of hydrogen-bond donors (Lipinski definition) is 4. The molecule has 2 atom stereocenters. The van der Waals surface area contributed by atoms with Crippen molar-refractivity contribution in [1.29, 1.82) is 0 Å². The number of nitrogens with zero attached hydrogens (tertiary/aromatic N) is 8. The number of aryl methyl sites for hydroxylation is 6. The molecule has 382 valence electrons. The third-order valence-electron chi connectivity index (χ3n) is 11.5. The van der Waals surface area contributed by atoms with Crippen LogP contribution in [-0.4, -0.2) is 104 Å². The molecule has 5 heterocycles. The summed E-state index contributed by atoms with van der Waals surface area (Å²) in [5.41, 5.74) is 0.621. The predicted octanol–water partition coefficient (Wildman–Crippen LogP) is 3.92. The van der Waals surface area contributed by atoms with Gasteiger partial charge in [-0.15, -0.1) is 0 Å². The fraction of sp³-hybridized carbons (Fsp3) is 0.319. The summed E-state index contributed by atoms with van der Waals surface area (Å²) < 4.78 is 95.1. The van der Waals surface area contributed by atoms with E-state index in [-0.39, 0.29) is 56.5 Å². The number of epoxide rings is 1. The first-order valence-corrected chi connectivity index (χ1v) is 25.1. The molecule has 25 heteroatoms. The summed E-state index contributed by atoms with van der Waals surface area (Å²) in [6.07, 6.45) is 5.55. The molecule has 0 saturated carbocycles. The molecule has 1 fully saturated rings. The van der Waals surface area contributed by atoms with Crippen LogP contribution in [0.4, 0.5) is 11.4 Å². The maximum Gasteiger partial charge on any atom is 0.328 e. The van der Waals surface area contributed by atoms with E-state index < -0.39 is 25.6 Å². The molecular weight excluding hydrogens is 975 g/mol. The molecule has 8 aromatic rings. The lowest BCUT2D eigenvalue weighted by molar-refractivity contribution is 0.0138. The normalized spacial score (nSPS) is 15.4. The topological polar surface area (TPSA) is 264 Å². The van der Waals surface area contributed by atoms with E-state index in [0.29, 0.717) is 64.8 Å². The Kier molecular flexibility index (Phi) is 13.8. The first-order chi connectivity index (χ1) is 33.9. The van der Waals surface area contributed by atoms with Crippen LogP contribution >= 0.6 is 0 Å². The van der Waals surface area contributed by atoms with Crippen molar-refractivity contribution in [1.82, 2.24) is 42.7 Å². The lowest BCUT2D eigenvalue weighted by Crippen LogP contribution is -2.41. The molecule has 4 N–H and O–H groups in total. The summed E-state index contributed by atoms with van der Waals surface area (Å²) in [6, 6.07) is 20.1. The highest BCUT2D eigenvalue weighted by atomic mass is 32.2. The van der Waals surface area contributed by atoms with Crippen molar-refractivity contribution in [2.45, 2.75) is 35.1 Å². The van der Waals surface area contributed by atoms with Gasteiger partial charge in [0, 0.05) is 85.5 Å². The van der Waals surface area contributed by atoms with Gasteiger partial charge in [-0.1, -0.05) is 12.1 Å². The summed E-state index contributed by atoms with van der Waals surface area (Å²) >= 11 is 0. The van der Waals surface area contributed by atoms with Gasteiger partial charge in [-0.25, -0.2) is 19.6 Å². The number of fused-ring (bicyclic) bond motifs is 2. The smallest absolute Gasteiger partial charge is 0.328 e. The number of ether oxygens (including phenoxy) is 5. The monoisotopic (exact) mass is 1030 g/mol. The summed E-state index contributed by atoms with van der Waals surface area (Å²) in [6.45, 7) is 5.07. The maximum atomic E-state index is 13.0. The van der Waals surface area contributed by atoms with Crippen LogP contribution in [0.15, 0.2) is 117 Å². The van der Waals surface area contributed by atoms with Crippen LogP contribution in [0.3, 0.4) is 0 Å². The van der Waals surface area contributed by atoms with E-state index in [2.05, 4.69) is 24.7 Å². The van der Waals surface area contributed by atoms with Gasteiger partial charge in [-0.3, -0.25) is 27.7 Å². The Balaban J connectivity index is 0.000000193. The molecule has 2 unspecified atom stereocenters. The molecule has 72 heavy (non-hydrogen) atoms. The number of imidazole rings is 4. The lowest BCUT2D eigenvalue weighted by Gasteiger charge is -2.23. The predicted molar refractivity (Wildman–Crippen MR) is 267 cm³/mol. The Morgan fingerprint density at radius 2 is 1.07 bits per heavy atom. The Labute approximate surface area is 413 Å². The number of aliphatic hydroxyl groups is 1. The van der Waals surface area contributed by atoms with Crippen LogP contribution in [0, 0.1) is 0 Å². The minimum Gasteiger partial charge on any atom is -0.490 e. The zero-order valence-electron chi connectivity index (χ0n) is 40.9. The van der Waals surface area contributed by atoms with Gasteiger partial charge < -0.3 is 43.2 Å². The molecule has 4 aromatic carbocycles. The van der Waals surface area contributed by atoms with Gasteiger partial charge in [0.2, 0.25) is 0 Å². The van der Waals surface area contributed by atoms with E-state index in [1.54, 1.807) is 129 Å². The van der Waals surface area contributed by atoms with Crippen LogP contribution in [0.2, 0.25) is 0 Å². The van der Waals surface area contributed by atoms with E-state index in [1.807, 2.05) is 6.92 Å². The van der Waals surface area contributed by atoms with E-state index in [4.69, 9.17) is 23.7 Å². The minimum atomic E-state index is -4.05. The van der Waals surface area contributed by atoms with Gasteiger partial charge >= 0.3 is 11.4 Å². The van der Waals surface area contributed by atoms with Gasteiger partial charge in [0.15, 0.2) is 21.6 Å².